The largest absolute Gasteiger partial charge is 0.497 e. The minimum absolute atomic E-state index is 0.655. The van der Waals surface area contributed by atoms with Gasteiger partial charge in [-0.25, -0.2) is 0 Å². The zero-order valence-electron chi connectivity index (χ0n) is 14.1. The minimum atomic E-state index is 0.655. The first-order valence-electron chi connectivity index (χ1n) is 8.44. The Morgan fingerprint density at radius 1 is 1.14 bits per heavy atom. The summed E-state index contributed by atoms with van der Waals surface area (Å²) in [5.41, 5.74) is 1.41. The molecule has 0 radical (unpaired) electrons. The smallest absolute Gasteiger partial charge is 0.118 e. The van der Waals surface area contributed by atoms with Crippen molar-refractivity contribution in [1.29, 1.82) is 0 Å². The molecule has 118 valence electrons. The molecule has 1 aliphatic rings. The molecule has 1 aromatic rings. The normalized spacial score (nSPS) is 27.3. The van der Waals surface area contributed by atoms with Crippen LogP contribution < -0.4 is 10.1 Å². The molecule has 0 bridgehead atoms. The Hall–Kier alpha value is -1.02. The summed E-state index contributed by atoms with van der Waals surface area (Å²) in [6, 6.07) is 9.16. The van der Waals surface area contributed by atoms with Gasteiger partial charge in [0.15, 0.2) is 0 Å². The maximum Gasteiger partial charge on any atom is 0.118 e. The van der Waals surface area contributed by atoms with E-state index in [-0.39, 0.29) is 0 Å². The van der Waals surface area contributed by atoms with Crippen molar-refractivity contribution in [2.24, 2.45) is 17.8 Å². The fourth-order valence-electron chi connectivity index (χ4n) is 3.68. The third-order valence-corrected chi connectivity index (χ3v) is 5.48. The average molecular weight is 289 g/mol. The van der Waals surface area contributed by atoms with Gasteiger partial charge in [-0.2, -0.15) is 0 Å². The lowest BCUT2D eigenvalue weighted by Gasteiger charge is -2.36. The molecule has 1 N–H and O–H groups in total. The lowest BCUT2D eigenvalue weighted by molar-refractivity contribution is 0.170. The van der Waals surface area contributed by atoms with Crippen LogP contribution in [0.15, 0.2) is 24.3 Å². The zero-order chi connectivity index (χ0) is 15.2. The summed E-state index contributed by atoms with van der Waals surface area (Å²) >= 11 is 0. The van der Waals surface area contributed by atoms with Gasteiger partial charge >= 0.3 is 0 Å². The number of nitrogens with one attached hydrogen (secondary N) is 1. The number of aryl methyl sites for hydroxylation is 1. The van der Waals surface area contributed by atoms with Crippen LogP contribution in [-0.2, 0) is 6.42 Å². The van der Waals surface area contributed by atoms with Crippen molar-refractivity contribution >= 4 is 0 Å². The van der Waals surface area contributed by atoms with Crippen LogP contribution in [0.4, 0.5) is 0 Å². The monoisotopic (exact) mass is 289 g/mol. The van der Waals surface area contributed by atoms with Gasteiger partial charge in [0.25, 0.3) is 0 Å². The lowest BCUT2D eigenvalue weighted by atomic mass is 9.72. The molecule has 4 atom stereocenters. The van der Waals surface area contributed by atoms with Crippen LogP contribution >= 0.6 is 0 Å². The van der Waals surface area contributed by atoms with E-state index < -0.39 is 0 Å². The average Bonchev–Trinajstić information content (AvgIpc) is 2.52. The molecule has 0 saturated heterocycles. The Kier molecular flexibility index (Phi) is 6.10. The molecule has 0 amide bonds. The fourth-order valence-corrected chi connectivity index (χ4v) is 3.68. The molecule has 0 aliphatic heterocycles. The molecule has 2 nitrogen and oxygen atoms in total. The highest BCUT2D eigenvalue weighted by molar-refractivity contribution is 5.27. The van der Waals surface area contributed by atoms with Crippen molar-refractivity contribution in [3.63, 3.8) is 0 Å². The number of hydrogen-bond donors (Lipinski definition) is 1. The summed E-state index contributed by atoms with van der Waals surface area (Å²) in [5, 5.41) is 3.58. The van der Waals surface area contributed by atoms with Crippen LogP contribution in [-0.4, -0.2) is 20.2 Å². The summed E-state index contributed by atoms with van der Waals surface area (Å²) in [7, 11) is 3.85. The zero-order valence-corrected chi connectivity index (χ0v) is 14.1. The summed E-state index contributed by atoms with van der Waals surface area (Å²) in [6.07, 6.45) is 6.55. The van der Waals surface area contributed by atoms with E-state index in [0.29, 0.717) is 6.04 Å². The molecule has 0 heterocycles. The molecule has 1 aromatic carbocycles. The Balaban J connectivity index is 1.87. The van der Waals surface area contributed by atoms with Crippen LogP contribution in [0.1, 0.15) is 45.1 Å². The van der Waals surface area contributed by atoms with Crippen molar-refractivity contribution in [3.8, 4) is 5.75 Å². The van der Waals surface area contributed by atoms with Gasteiger partial charge in [0.1, 0.15) is 5.75 Å². The van der Waals surface area contributed by atoms with Gasteiger partial charge in [-0.3, -0.25) is 0 Å². The van der Waals surface area contributed by atoms with Gasteiger partial charge in [0.2, 0.25) is 0 Å². The quantitative estimate of drug-likeness (QED) is 0.843. The number of ether oxygens (including phenoxy) is 1. The molecule has 1 aliphatic carbocycles. The topological polar surface area (TPSA) is 21.3 Å². The highest BCUT2D eigenvalue weighted by Gasteiger charge is 2.29. The molecular weight excluding hydrogens is 258 g/mol. The van der Waals surface area contributed by atoms with Gasteiger partial charge in [-0.05, 0) is 68.2 Å². The minimum Gasteiger partial charge on any atom is -0.497 e. The van der Waals surface area contributed by atoms with Crippen molar-refractivity contribution in [3.05, 3.63) is 29.8 Å². The number of methoxy groups -OCH3 is 1. The van der Waals surface area contributed by atoms with Gasteiger partial charge in [-0.15, -0.1) is 0 Å². The van der Waals surface area contributed by atoms with Gasteiger partial charge < -0.3 is 10.1 Å². The summed E-state index contributed by atoms with van der Waals surface area (Å²) in [5.74, 6) is 3.57. The molecule has 2 heteroatoms. The van der Waals surface area contributed by atoms with Gasteiger partial charge in [0, 0.05) is 6.04 Å². The predicted molar refractivity (Wildman–Crippen MR) is 89.8 cm³/mol. The van der Waals surface area contributed by atoms with Crippen molar-refractivity contribution in [2.75, 3.05) is 14.2 Å². The molecule has 1 fully saturated rings. The van der Waals surface area contributed by atoms with Crippen LogP contribution in [0.3, 0.4) is 0 Å². The van der Waals surface area contributed by atoms with Crippen LogP contribution in [0.5, 0.6) is 5.75 Å². The van der Waals surface area contributed by atoms with E-state index in [2.05, 4.69) is 50.5 Å². The SMILES string of the molecule is CNC(CCc1ccc(OC)cc1)C1CCC(C)C(C)C1. The molecule has 0 spiro atoms. The van der Waals surface area contributed by atoms with Gasteiger partial charge in [0.05, 0.1) is 7.11 Å². The van der Waals surface area contributed by atoms with Crippen LogP contribution in [0, 0.1) is 17.8 Å². The summed E-state index contributed by atoms with van der Waals surface area (Å²) in [6.45, 7) is 4.83. The Morgan fingerprint density at radius 2 is 1.86 bits per heavy atom. The van der Waals surface area contributed by atoms with Crippen LogP contribution in [0.2, 0.25) is 0 Å². The number of hydrogen-bond acceptors (Lipinski definition) is 2. The second kappa shape index (κ2) is 7.84. The van der Waals surface area contributed by atoms with Crippen molar-refractivity contribution in [2.45, 2.75) is 52.0 Å². The van der Waals surface area contributed by atoms with E-state index in [1.165, 1.54) is 31.2 Å². The van der Waals surface area contributed by atoms with E-state index in [0.717, 1.165) is 29.9 Å². The summed E-state index contributed by atoms with van der Waals surface area (Å²) in [4.78, 5) is 0. The molecule has 0 aromatic heterocycles. The van der Waals surface area contributed by atoms with Crippen molar-refractivity contribution in [1.82, 2.24) is 5.32 Å². The number of benzene rings is 1. The van der Waals surface area contributed by atoms with E-state index in [1.807, 2.05) is 0 Å². The standard InChI is InChI=1S/C19H31NO/c1-14-5-9-17(13-15(14)2)19(20-3)12-8-16-6-10-18(21-4)11-7-16/h6-7,10-11,14-15,17,19-20H,5,8-9,12-13H2,1-4H3. The maximum atomic E-state index is 5.22. The fraction of sp³-hybridized carbons (Fsp3) is 0.684. The van der Waals surface area contributed by atoms with E-state index >= 15 is 0 Å². The molecule has 4 unspecified atom stereocenters. The highest BCUT2D eigenvalue weighted by atomic mass is 16.5. The summed E-state index contributed by atoms with van der Waals surface area (Å²) < 4.78 is 5.22. The van der Waals surface area contributed by atoms with E-state index in [1.54, 1.807) is 7.11 Å². The predicted octanol–water partition coefficient (Wildman–Crippen LogP) is 4.29. The molecule has 21 heavy (non-hydrogen) atoms. The Bertz CT molecular complexity index is 414. The molecule has 2 rings (SSSR count). The van der Waals surface area contributed by atoms with Crippen LogP contribution in [0.25, 0.3) is 0 Å². The van der Waals surface area contributed by atoms with Gasteiger partial charge in [-0.1, -0.05) is 32.4 Å². The molecule has 1 saturated carbocycles. The van der Waals surface area contributed by atoms with Crippen molar-refractivity contribution < 1.29 is 4.74 Å². The Labute approximate surface area is 130 Å². The maximum absolute atomic E-state index is 5.22. The van der Waals surface area contributed by atoms with E-state index in [4.69, 9.17) is 4.74 Å². The Morgan fingerprint density at radius 3 is 2.43 bits per heavy atom. The first-order chi connectivity index (χ1) is 10.1. The lowest BCUT2D eigenvalue weighted by Crippen LogP contribution is -2.38. The number of rotatable bonds is 6. The highest BCUT2D eigenvalue weighted by Crippen LogP contribution is 2.35. The third kappa shape index (κ3) is 4.47. The second-order valence-electron chi connectivity index (χ2n) is 6.81. The van der Waals surface area contributed by atoms with E-state index in [9.17, 15) is 0 Å². The molecular formula is C19H31NO. The first-order valence-corrected chi connectivity index (χ1v) is 8.44. The second-order valence-corrected chi connectivity index (χ2v) is 6.81. The third-order valence-electron chi connectivity index (χ3n) is 5.48. The first kappa shape index (κ1) is 16.4.